The first kappa shape index (κ1) is 12.4. The SMILES string of the molecule is CC(C)c1nnsc1C(=O)Nc1ccc(N)nc1. The molecule has 0 unspecified atom stereocenters. The fourth-order valence-corrected chi connectivity index (χ4v) is 2.11. The van der Waals surface area contributed by atoms with E-state index in [2.05, 4.69) is 19.9 Å². The number of carbonyl (C=O) groups excluding carboxylic acids is 1. The van der Waals surface area contributed by atoms with E-state index >= 15 is 0 Å². The van der Waals surface area contributed by atoms with Gasteiger partial charge in [-0.3, -0.25) is 4.79 Å². The maximum absolute atomic E-state index is 12.0. The van der Waals surface area contributed by atoms with Crippen molar-refractivity contribution in [2.24, 2.45) is 0 Å². The number of nitrogens with two attached hydrogens (primary N) is 1. The Morgan fingerprint density at radius 3 is 2.83 bits per heavy atom. The lowest BCUT2D eigenvalue weighted by atomic mass is 10.1. The first-order valence-corrected chi connectivity index (χ1v) is 6.20. The summed E-state index contributed by atoms with van der Waals surface area (Å²) in [5.74, 6) is 0.352. The number of amides is 1. The van der Waals surface area contributed by atoms with Crippen LogP contribution >= 0.6 is 11.5 Å². The third-order valence-corrected chi connectivity index (χ3v) is 3.05. The number of nitrogen functional groups attached to an aromatic ring is 1. The normalized spacial score (nSPS) is 10.6. The monoisotopic (exact) mass is 263 g/mol. The summed E-state index contributed by atoms with van der Waals surface area (Å²) >= 11 is 1.09. The Bertz CT molecular complexity index is 549. The fourth-order valence-electron chi connectivity index (χ4n) is 1.40. The smallest absolute Gasteiger partial charge is 0.269 e. The van der Waals surface area contributed by atoms with Crippen LogP contribution in [0.3, 0.4) is 0 Å². The summed E-state index contributed by atoms with van der Waals surface area (Å²) in [6.07, 6.45) is 1.51. The molecule has 0 atom stereocenters. The van der Waals surface area contributed by atoms with E-state index in [-0.39, 0.29) is 11.8 Å². The van der Waals surface area contributed by atoms with Gasteiger partial charge in [-0.05, 0) is 29.6 Å². The van der Waals surface area contributed by atoms with Gasteiger partial charge in [0.2, 0.25) is 0 Å². The Labute approximate surface area is 108 Å². The number of nitrogens with one attached hydrogen (secondary N) is 1. The molecule has 1 amide bonds. The molecule has 0 spiro atoms. The molecule has 2 aromatic rings. The van der Waals surface area contributed by atoms with E-state index in [4.69, 9.17) is 5.73 Å². The van der Waals surface area contributed by atoms with E-state index in [0.717, 1.165) is 11.5 Å². The number of nitrogens with zero attached hydrogens (tertiary/aromatic N) is 3. The van der Waals surface area contributed by atoms with E-state index in [1.54, 1.807) is 12.1 Å². The molecule has 0 saturated heterocycles. The Kier molecular flexibility index (Phi) is 3.52. The second-order valence-electron chi connectivity index (χ2n) is 4.07. The lowest BCUT2D eigenvalue weighted by molar-refractivity contribution is 0.102. The van der Waals surface area contributed by atoms with Gasteiger partial charge in [0.05, 0.1) is 17.6 Å². The zero-order chi connectivity index (χ0) is 13.1. The van der Waals surface area contributed by atoms with Crippen LogP contribution in [0.4, 0.5) is 11.5 Å². The number of carbonyl (C=O) groups is 1. The maximum Gasteiger partial charge on any atom is 0.269 e. The average molecular weight is 263 g/mol. The van der Waals surface area contributed by atoms with Gasteiger partial charge in [0.25, 0.3) is 5.91 Å². The van der Waals surface area contributed by atoms with Crippen molar-refractivity contribution < 1.29 is 4.79 Å². The van der Waals surface area contributed by atoms with E-state index < -0.39 is 0 Å². The summed E-state index contributed by atoms with van der Waals surface area (Å²) < 4.78 is 3.82. The minimum atomic E-state index is -0.222. The molecule has 0 fully saturated rings. The van der Waals surface area contributed by atoms with Crippen LogP contribution < -0.4 is 11.1 Å². The third kappa shape index (κ3) is 2.62. The van der Waals surface area contributed by atoms with Crippen LogP contribution in [-0.4, -0.2) is 20.5 Å². The van der Waals surface area contributed by atoms with Gasteiger partial charge in [-0.25, -0.2) is 4.98 Å². The van der Waals surface area contributed by atoms with Crippen molar-refractivity contribution in [3.63, 3.8) is 0 Å². The lowest BCUT2D eigenvalue weighted by Crippen LogP contribution is -2.13. The number of hydrogen-bond donors (Lipinski definition) is 2. The molecular formula is C11H13N5OS. The molecule has 2 heterocycles. The molecule has 2 aromatic heterocycles. The highest BCUT2D eigenvalue weighted by Crippen LogP contribution is 2.21. The standard InChI is InChI=1S/C11H13N5OS/c1-6(2)9-10(18-16-15-9)11(17)14-7-3-4-8(12)13-5-7/h3-6H,1-2H3,(H2,12,13)(H,14,17). The van der Waals surface area contributed by atoms with Gasteiger partial charge in [0.15, 0.2) is 0 Å². The number of anilines is 2. The summed E-state index contributed by atoms with van der Waals surface area (Å²) in [5, 5.41) is 6.70. The van der Waals surface area contributed by atoms with Crippen molar-refractivity contribution in [3.8, 4) is 0 Å². The van der Waals surface area contributed by atoms with Crippen LogP contribution in [0.15, 0.2) is 18.3 Å². The Morgan fingerprint density at radius 1 is 1.44 bits per heavy atom. The van der Waals surface area contributed by atoms with Crippen LogP contribution in [0.2, 0.25) is 0 Å². The summed E-state index contributed by atoms with van der Waals surface area (Å²) in [4.78, 5) is 16.5. The van der Waals surface area contributed by atoms with Crippen molar-refractivity contribution in [2.45, 2.75) is 19.8 Å². The number of aromatic nitrogens is 3. The van der Waals surface area contributed by atoms with E-state index in [0.29, 0.717) is 22.1 Å². The molecule has 6 nitrogen and oxygen atoms in total. The third-order valence-electron chi connectivity index (χ3n) is 2.31. The van der Waals surface area contributed by atoms with Gasteiger partial charge < -0.3 is 11.1 Å². The number of rotatable bonds is 3. The van der Waals surface area contributed by atoms with E-state index in [1.807, 2.05) is 13.8 Å². The van der Waals surface area contributed by atoms with Crippen LogP contribution in [0.5, 0.6) is 0 Å². The van der Waals surface area contributed by atoms with Crippen molar-refractivity contribution in [2.75, 3.05) is 11.1 Å². The fraction of sp³-hybridized carbons (Fsp3) is 0.273. The summed E-state index contributed by atoms with van der Waals surface area (Å²) in [6, 6.07) is 3.33. The van der Waals surface area contributed by atoms with Gasteiger partial charge in [-0.15, -0.1) is 5.10 Å². The molecule has 7 heteroatoms. The van der Waals surface area contributed by atoms with Gasteiger partial charge in [-0.2, -0.15) is 0 Å². The topological polar surface area (TPSA) is 93.8 Å². The molecule has 94 valence electrons. The highest BCUT2D eigenvalue weighted by molar-refractivity contribution is 7.08. The molecule has 2 rings (SSSR count). The van der Waals surface area contributed by atoms with Crippen LogP contribution in [0.25, 0.3) is 0 Å². The van der Waals surface area contributed by atoms with Gasteiger partial charge in [-0.1, -0.05) is 18.3 Å². The van der Waals surface area contributed by atoms with E-state index in [9.17, 15) is 4.79 Å². The van der Waals surface area contributed by atoms with Gasteiger partial charge in [0, 0.05) is 0 Å². The Hall–Kier alpha value is -2.02. The number of hydrogen-bond acceptors (Lipinski definition) is 6. The molecule has 0 aliphatic rings. The zero-order valence-electron chi connectivity index (χ0n) is 10.0. The highest BCUT2D eigenvalue weighted by Gasteiger charge is 2.18. The first-order chi connectivity index (χ1) is 8.58. The Balaban J connectivity index is 2.17. The van der Waals surface area contributed by atoms with Gasteiger partial charge >= 0.3 is 0 Å². The molecular weight excluding hydrogens is 250 g/mol. The van der Waals surface area contributed by atoms with E-state index in [1.165, 1.54) is 6.20 Å². The van der Waals surface area contributed by atoms with Crippen molar-refractivity contribution >= 4 is 28.9 Å². The second kappa shape index (κ2) is 5.09. The quantitative estimate of drug-likeness (QED) is 0.882. The van der Waals surface area contributed by atoms with Crippen LogP contribution in [-0.2, 0) is 0 Å². The summed E-state index contributed by atoms with van der Waals surface area (Å²) in [5.41, 5.74) is 6.78. The summed E-state index contributed by atoms with van der Waals surface area (Å²) in [6.45, 7) is 3.94. The first-order valence-electron chi connectivity index (χ1n) is 5.43. The minimum absolute atomic E-state index is 0.161. The second-order valence-corrected chi connectivity index (χ2v) is 4.82. The predicted molar refractivity (Wildman–Crippen MR) is 70.6 cm³/mol. The molecule has 3 N–H and O–H groups in total. The maximum atomic E-state index is 12.0. The average Bonchev–Trinajstić information content (AvgIpc) is 2.81. The number of pyridine rings is 1. The zero-order valence-corrected chi connectivity index (χ0v) is 10.9. The molecule has 18 heavy (non-hydrogen) atoms. The molecule has 0 aliphatic heterocycles. The minimum Gasteiger partial charge on any atom is -0.384 e. The predicted octanol–water partition coefficient (Wildman–Crippen LogP) is 1.89. The van der Waals surface area contributed by atoms with Crippen molar-refractivity contribution in [3.05, 3.63) is 28.9 Å². The Morgan fingerprint density at radius 2 is 2.22 bits per heavy atom. The summed E-state index contributed by atoms with van der Waals surface area (Å²) in [7, 11) is 0. The van der Waals surface area contributed by atoms with Crippen molar-refractivity contribution in [1.29, 1.82) is 0 Å². The molecule has 0 aliphatic carbocycles. The largest absolute Gasteiger partial charge is 0.384 e. The highest BCUT2D eigenvalue weighted by atomic mass is 32.1. The molecule has 0 saturated carbocycles. The molecule has 0 aromatic carbocycles. The van der Waals surface area contributed by atoms with Crippen LogP contribution in [0, 0.1) is 0 Å². The van der Waals surface area contributed by atoms with Crippen LogP contribution in [0.1, 0.15) is 35.1 Å². The molecule has 0 radical (unpaired) electrons. The molecule has 0 bridgehead atoms. The lowest BCUT2D eigenvalue weighted by Gasteiger charge is -2.05. The van der Waals surface area contributed by atoms with Crippen molar-refractivity contribution in [1.82, 2.24) is 14.6 Å². The van der Waals surface area contributed by atoms with Gasteiger partial charge in [0.1, 0.15) is 10.7 Å².